The van der Waals surface area contributed by atoms with Crippen LogP contribution in [0.4, 0.5) is 0 Å². The van der Waals surface area contributed by atoms with Crippen molar-refractivity contribution in [1.29, 1.82) is 0 Å². The summed E-state index contributed by atoms with van der Waals surface area (Å²) in [5.74, 6) is 0.594. The average molecular weight is 268 g/mol. The minimum Gasteiger partial charge on any atom is -0.465 e. The lowest BCUT2D eigenvalue weighted by molar-refractivity contribution is -0.151. The number of ether oxygens (including phenoxy) is 1. The van der Waals surface area contributed by atoms with Crippen molar-refractivity contribution in [2.24, 2.45) is 11.3 Å². The molecule has 4 heteroatoms. The zero-order valence-corrected chi connectivity index (χ0v) is 12.7. The van der Waals surface area contributed by atoms with Crippen molar-refractivity contribution in [2.45, 2.75) is 52.6 Å². The number of piperazine rings is 1. The molecule has 0 radical (unpaired) electrons. The molecule has 3 atom stereocenters. The summed E-state index contributed by atoms with van der Waals surface area (Å²) >= 11 is 0. The molecule has 4 nitrogen and oxygen atoms in total. The molecule has 1 N–H and O–H groups in total. The second-order valence-corrected chi connectivity index (χ2v) is 6.83. The molecule has 2 fully saturated rings. The van der Waals surface area contributed by atoms with Crippen LogP contribution in [0.1, 0.15) is 40.5 Å². The summed E-state index contributed by atoms with van der Waals surface area (Å²) in [7, 11) is 0. The van der Waals surface area contributed by atoms with Crippen LogP contribution in [0.25, 0.3) is 0 Å². The number of nitrogens with zero attached hydrogens (tertiary/aromatic N) is 1. The maximum Gasteiger partial charge on any atom is 0.324 e. The van der Waals surface area contributed by atoms with Gasteiger partial charge in [0, 0.05) is 25.7 Å². The van der Waals surface area contributed by atoms with E-state index < -0.39 is 0 Å². The van der Waals surface area contributed by atoms with Gasteiger partial charge in [-0.1, -0.05) is 20.8 Å². The normalized spacial score (nSPS) is 35.3. The van der Waals surface area contributed by atoms with E-state index in [1.165, 1.54) is 12.8 Å². The molecule has 2 rings (SSSR count). The third-order valence-corrected chi connectivity index (χ3v) is 4.56. The van der Waals surface area contributed by atoms with Gasteiger partial charge in [-0.2, -0.15) is 0 Å². The molecule has 0 aromatic rings. The standard InChI is InChI=1S/C15H28N2O2/c1-5-19-14(18)13-10-16-6-7-17(13)12-9-15(3,4)8-11(12)2/h11-13,16H,5-10H2,1-4H3. The molecular weight excluding hydrogens is 240 g/mol. The van der Waals surface area contributed by atoms with Crippen LogP contribution in [0.3, 0.4) is 0 Å². The number of rotatable bonds is 3. The van der Waals surface area contributed by atoms with Gasteiger partial charge in [-0.15, -0.1) is 0 Å². The first-order valence-corrected chi connectivity index (χ1v) is 7.57. The van der Waals surface area contributed by atoms with Crippen molar-refractivity contribution >= 4 is 5.97 Å². The van der Waals surface area contributed by atoms with Crippen molar-refractivity contribution in [3.05, 3.63) is 0 Å². The highest BCUT2D eigenvalue weighted by Crippen LogP contribution is 2.43. The molecule has 1 saturated carbocycles. The van der Waals surface area contributed by atoms with Crippen molar-refractivity contribution in [3.63, 3.8) is 0 Å². The van der Waals surface area contributed by atoms with Crippen LogP contribution < -0.4 is 5.32 Å². The Hall–Kier alpha value is -0.610. The Bertz CT molecular complexity index is 330. The number of hydrogen-bond donors (Lipinski definition) is 1. The Morgan fingerprint density at radius 3 is 2.74 bits per heavy atom. The first kappa shape index (κ1) is 14.8. The first-order chi connectivity index (χ1) is 8.94. The van der Waals surface area contributed by atoms with E-state index in [1.807, 2.05) is 6.92 Å². The Kier molecular flexibility index (Phi) is 4.51. The van der Waals surface area contributed by atoms with E-state index in [1.54, 1.807) is 0 Å². The van der Waals surface area contributed by atoms with Gasteiger partial charge in [-0.05, 0) is 31.1 Å². The van der Waals surface area contributed by atoms with Crippen LogP contribution in [0.15, 0.2) is 0 Å². The molecule has 1 saturated heterocycles. The van der Waals surface area contributed by atoms with Gasteiger partial charge in [0.1, 0.15) is 6.04 Å². The highest BCUT2D eigenvalue weighted by Gasteiger charge is 2.44. The lowest BCUT2D eigenvalue weighted by Crippen LogP contribution is -2.59. The highest BCUT2D eigenvalue weighted by molar-refractivity contribution is 5.76. The second-order valence-electron chi connectivity index (χ2n) is 6.83. The maximum absolute atomic E-state index is 12.1. The Balaban J connectivity index is 2.09. The van der Waals surface area contributed by atoms with E-state index in [-0.39, 0.29) is 12.0 Å². The summed E-state index contributed by atoms with van der Waals surface area (Å²) in [6.07, 6.45) is 2.43. The predicted octanol–water partition coefficient (Wildman–Crippen LogP) is 1.65. The third-order valence-electron chi connectivity index (χ3n) is 4.56. The molecule has 1 heterocycles. The quantitative estimate of drug-likeness (QED) is 0.790. The Morgan fingerprint density at radius 2 is 2.16 bits per heavy atom. The summed E-state index contributed by atoms with van der Waals surface area (Å²) in [5.41, 5.74) is 0.397. The maximum atomic E-state index is 12.1. The van der Waals surface area contributed by atoms with Gasteiger partial charge in [0.05, 0.1) is 6.61 Å². The van der Waals surface area contributed by atoms with Crippen LogP contribution in [0, 0.1) is 11.3 Å². The fourth-order valence-electron chi connectivity index (χ4n) is 3.88. The van der Waals surface area contributed by atoms with Crippen molar-refractivity contribution in [2.75, 3.05) is 26.2 Å². The van der Waals surface area contributed by atoms with E-state index >= 15 is 0 Å². The largest absolute Gasteiger partial charge is 0.465 e. The van der Waals surface area contributed by atoms with Crippen molar-refractivity contribution < 1.29 is 9.53 Å². The van der Waals surface area contributed by atoms with E-state index in [2.05, 4.69) is 31.0 Å². The van der Waals surface area contributed by atoms with E-state index in [4.69, 9.17) is 4.74 Å². The minimum absolute atomic E-state index is 0.0633. The van der Waals surface area contributed by atoms with Gasteiger partial charge in [0.25, 0.3) is 0 Å². The first-order valence-electron chi connectivity index (χ1n) is 7.57. The van der Waals surface area contributed by atoms with Gasteiger partial charge in [0.2, 0.25) is 0 Å². The van der Waals surface area contributed by atoms with E-state index in [0.717, 1.165) is 19.6 Å². The average Bonchev–Trinajstić information content (AvgIpc) is 2.63. The van der Waals surface area contributed by atoms with Gasteiger partial charge < -0.3 is 10.1 Å². The van der Waals surface area contributed by atoms with Gasteiger partial charge in [-0.25, -0.2) is 0 Å². The number of carbonyl (C=O) groups is 1. The van der Waals surface area contributed by atoms with E-state index in [9.17, 15) is 4.79 Å². The molecule has 0 spiro atoms. The van der Waals surface area contributed by atoms with E-state index in [0.29, 0.717) is 24.0 Å². The molecule has 0 aromatic heterocycles. The summed E-state index contributed by atoms with van der Waals surface area (Å²) in [6.45, 7) is 12.0. The molecule has 0 amide bonds. The predicted molar refractivity (Wildman–Crippen MR) is 76.0 cm³/mol. The molecule has 19 heavy (non-hydrogen) atoms. The van der Waals surface area contributed by atoms with Crippen molar-refractivity contribution in [1.82, 2.24) is 10.2 Å². The van der Waals surface area contributed by atoms with Gasteiger partial charge >= 0.3 is 5.97 Å². The SMILES string of the molecule is CCOC(=O)C1CNCCN1C1CC(C)(C)CC1C. The lowest BCUT2D eigenvalue weighted by Gasteiger charge is -2.40. The van der Waals surface area contributed by atoms with Crippen LogP contribution in [0.5, 0.6) is 0 Å². The zero-order valence-electron chi connectivity index (χ0n) is 12.7. The number of nitrogens with one attached hydrogen (secondary N) is 1. The lowest BCUT2D eigenvalue weighted by atomic mass is 9.91. The van der Waals surface area contributed by atoms with Crippen LogP contribution in [-0.4, -0.2) is 49.2 Å². The Morgan fingerprint density at radius 1 is 1.42 bits per heavy atom. The highest BCUT2D eigenvalue weighted by atomic mass is 16.5. The third kappa shape index (κ3) is 3.29. The second kappa shape index (κ2) is 5.80. The smallest absolute Gasteiger partial charge is 0.324 e. The van der Waals surface area contributed by atoms with Crippen molar-refractivity contribution in [3.8, 4) is 0 Å². The van der Waals surface area contributed by atoms with Gasteiger partial charge in [0.15, 0.2) is 0 Å². The molecule has 1 aliphatic carbocycles. The zero-order chi connectivity index (χ0) is 14.0. The molecule has 110 valence electrons. The summed E-state index contributed by atoms with van der Waals surface area (Å²) < 4.78 is 5.24. The number of hydrogen-bond acceptors (Lipinski definition) is 4. The summed E-state index contributed by atoms with van der Waals surface area (Å²) in [5, 5.41) is 3.32. The fraction of sp³-hybridized carbons (Fsp3) is 0.933. The number of carbonyl (C=O) groups excluding carboxylic acids is 1. The summed E-state index contributed by atoms with van der Waals surface area (Å²) in [6, 6.07) is 0.418. The fourth-order valence-corrected chi connectivity index (χ4v) is 3.88. The van der Waals surface area contributed by atoms with Gasteiger partial charge in [-0.3, -0.25) is 9.69 Å². The molecule has 3 unspecified atom stereocenters. The molecule has 0 bridgehead atoms. The minimum atomic E-state index is -0.102. The topological polar surface area (TPSA) is 41.6 Å². The van der Waals surface area contributed by atoms with Crippen LogP contribution in [0.2, 0.25) is 0 Å². The Labute approximate surface area is 116 Å². The summed E-state index contributed by atoms with van der Waals surface area (Å²) in [4.78, 5) is 14.5. The molecule has 2 aliphatic rings. The van der Waals surface area contributed by atoms with Crippen LogP contribution in [-0.2, 0) is 9.53 Å². The molecule has 0 aromatic carbocycles. The monoisotopic (exact) mass is 268 g/mol. The molecular formula is C15H28N2O2. The van der Waals surface area contributed by atoms with Crippen LogP contribution >= 0.6 is 0 Å². The molecule has 1 aliphatic heterocycles. The number of esters is 1.